The number of nitrogens with zero attached hydrogens (tertiary/aromatic N) is 3. The molecule has 7 nitrogen and oxygen atoms in total. The van der Waals surface area contributed by atoms with Gasteiger partial charge in [0.1, 0.15) is 5.75 Å². The second-order valence-corrected chi connectivity index (χ2v) is 6.94. The Morgan fingerprint density at radius 3 is 1.60 bits per heavy atom. The van der Waals surface area contributed by atoms with Gasteiger partial charge in [-0.15, -0.1) is 0 Å². The van der Waals surface area contributed by atoms with Crippen molar-refractivity contribution in [1.29, 1.82) is 0 Å². The maximum atomic E-state index is 10.1. The molecule has 0 spiro atoms. The van der Waals surface area contributed by atoms with E-state index in [-0.39, 0.29) is 5.75 Å². The van der Waals surface area contributed by atoms with Gasteiger partial charge in [-0.25, -0.2) is 0 Å². The molecule has 0 aliphatic rings. The highest BCUT2D eigenvalue weighted by molar-refractivity contribution is 5.65. The monoisotopic (exact) mass is 398 g/mol. The number of anilines is 6. The van der Waals surface area contributed by atoms with Crippen LogP contribution in [0.3, 0.4) is 0 Å². The number of benzene rings is 3. The third kappa shape index (κ3) is 4.82. The van der Waals surface area contributed by atoms with Crippen molar-refractivity contribution >= 4 is 34.9 Å². The van der Waals surface area contributed by atoms with Crippen LogP contribution in [-0.4, -0.2) is 20.1 Å². The molecule has 0 bridgehead atoms. The smallest absolute Gasteiger partial charge is 0.233 e. The van der Waals surface area contributed by atoms with Crippen LogP contribution in [0.25, 0.3) is 0 Å². The number of phenolic OH excluding ortho intramolecular Hbond substituents is 1. The van der Waals surface area contributed by atoms with Crippen LogP contribution in [0.15, 0.2) is 72.8 Å². The van der Waals surface area contributed by atoms with Crippen LogP contribution in [0, 0.1) is 13.8 Å². The number of rotatable bonds is 6. The van der Waals surface area contributed by atoms with E-state index in [1.165, 1.54) is 0 Å². The fourth-order valence-corrected chi connectivity index (χ4v) is 2.95. The largest absolute Gasteiger partial charge is 0.506 e. The molecular formula is C23H22N6O. The van der Waals surface area contributed by atoms with Gasteiger partial charge in [0.15, 0.2) is 0 Å². The lowest BCUT2D eigenvalue weighted by atomic mass is 10.2. The van der Waals surface area contributed by atoms with Gasteiger partial charge in [-0.2, -0.15) is 15.0 Å². The zero-order valence-corrected chi connectivity index (χ0v) is 16.7. The minimum absolute atomic E-state index is 0.110. The molecule has 0 aliphatic heterocycles. The molecule has 4 N–H and O–H groups in total. The van der Waals surface area contributed by atoms with E-state index in [1.54, 1.807) is 18.2 Å². The van der Waals surface area contributed by atoms with Crippen LogP contribution in [0.4, 0.5) is 34.9 Å². The van der Waals surface area contributed by atoms with E-state index in [2.05, 4.69) is 30.9 Å². The molecule has 0 saturated heterocycles. The molecule has 0 unspecified atom stereocenters. The van der Waals surface area contributed by atoms with Gasteiger partial charge in [0.2, 0.25) is 17.8 Å². The molecular weight excluding hydrogens is 376 g/mol. The van der Waals surface area contributed by atoms with Gasteiger partial charge in [-0.1, -0.05) is 36.4 Å². The third-order valence-electron chi connectivity index (χ3n) is 4.33. The summed E-state index contributed by atoms with van der Waals surface area (Å²) in [6.07, 6.45) is 0. The minimum atomic E-state index is 0.110. The quantitative estimate of drug-likeness (QED) is 0.322. The Morgan fingerprint density at radius 1 is 0.600 bits per heavy atom. The lowest BCUT2D eigenvalue weighted by Gasteiger charge is -2.12. The molecule has 0 radical (unpaired) electrons. The van der Waals surface area contributed by atoms with Crippen LogP contribution in [0.2, 0.25) is 0 Å². The van der Waals surface area contributed by atoms with Crippen LogP contribution in [-0.2, 0) is 0 Å². The molecule has 4 rings (SSSR count). The first-order chi connectivity index (χ1) is 14.5. The fourth-order valence-electron chi connectivity index (χ4n) is 2.95. The van der Waals surface area contributed by atoms with E-state index in [4.69, 9.17) is 0 Å². The second-order valence-electron chi connectivity index (χ2n) is 6.94. The Bertz CT molecular complexity index is 1110. The van der Waals surface area contributed by atoms with Gasteiger partial charge in [0.25, 0.3) is 0 Å². The van der Waals surface area contributed by atoms with Gasteiger partial charge < -0.3 is 21.1 Å². The molecule has 30 heavy (non-hydrogen) atoms. The van der Waals surface area contributed by atoms with E-state index in [9.17, 15) is 5.11 Å². The number of aryl methyl sites for hydroxylation is 2. The Labute approximate surface area is 174 Å². The maximum Gasteiger partial charge on any atom is 0.233 e. The van der Waals surface area contributed by atoms with Gasteiger partial charge in [0, 0.05) is 11.4 Å². The van der Waals surface area contributed by atoms with Crippen molar-refractivity contribution in [3.05, 3.63) is 83.9 Å². The molecule has 150 valence electrons. The van der Waals surface area contributed by atoms with Crippen molar-refractivity contribution in [3.8, 4) is 5.75 Å². The Balaban J connectivity index is 1.68. The molecule has 0 amide bonds. The van der Waals surface area contributed by atoms with Crippen molar-refractivity contribution in [1.82, 2.24) is 15.0 Å². The van der Waals surface area contributed by atoms with Gasteiger partial charge >= 0.3 is 0 Å². The molecule has 1 heterocycles. The number of phenols is 1. The molecule has 4 aromatic rings. The third-order valence-corrected chi connectivity index (χ3v) is 4.33. The number of nitrogens with one attached hydrogen (secondary N) is 3. The van der Waals surface area contributed by atoms with Crippen molar-refractivity contribution in [2.45, 2.75) is 13.8 Å². The highest BCUT2D eigenvalue weighted by atomic mass is 16.3. The summed E-state index contributed by atoms with van der Waals surface area (Å²) in [5.74, 6) is 1.17. The summed E-state index contributed by atoms with van der Waals surface area (Å²) in [7, 11) is 0. The average molecular weight is 398 g/mol. The summed E-state index contributed by atoms with van der Waals surface area (Å²) < 4.78 is 0. The predicted octanol–water partition coefficient (Wildman–Crippen LogP) is 5.42. The summed E-state index contributed by atoms with van der Waals surface area (Å²) in [6.45, 7) is 4.04. The van der Waals surface area contributed by atoms with Crippen LogP contribution < -0.4 is 16.0 Å². The minimum Gasteiger partial charge on any atom is -0.506 e. The topological polar surface area (TPSA) is 95.0 Å². The fraction of sp³-hybridized carbons (Fsp3) is 0.0870. The SMILES string of the molecule is Cc1cccc(Nc2nc(Nc3cccc(C)c3)nc(Nc3ccccc3O)n2)c1. The lowest BCUT2D eigenvalue weighted by Crippen LogP contribution is -2.07. The van der Waals surface area contributed by atoms with E-state index < -0.39 is 0 Å². The number of para-hydroxylation sites is 2. The molecule has 3 aromatic carbocycles. The zero-order valence-electron chi connectivity index (χ0n) is 16.7. The summed E-state index contributed by atoms with van der Waals surface area (Å²) in [6, 6.07) is 22.8. The van der Waals surface area contributed by atoms with Crippen LogP contribution >= 0.6 is 0 Å². The van der Waals surface area contributed by atoms with E-state index in [1.807, 2.05) is 68.4 Å². The summed E-state index contributed by atoms with van der Waals surface area (Å²) >= 11 is 0. The van der Waals surface area contributed by atoms with E-state index in [0.29, 0.717) is 23.5 Å². The van der Waals surface area contributed by atoms with Crippen molar-refractivity contribution in [2.24, 2.45) is 0 Å². The predicted molar refractivity (Wildman–Crippen MR) is 120 cm³/mol. The normalized spacial score (nSPS) is 10.5. The van der Waals surface area contributed by atoms with Gasteiger partial charge in [0.05, 0.1) is 5.69 Å². The highest BCUT2D eigenvalue weighted by Crippen LogP contribution is 2.26. The molecule has 0 atom stereocenters. The zero-order chi connectivity index (χ0) is 20.9. The first-order valence-corrected chi connectivity index (χ1v) is 9.54. The molecule has 7 heteroatoms. The average Bonchev–Trinajstić information content (AvgIpc) is 2.70. The lowest BCUT2D eigenvalue weighted by molar-refractivity contribution is 0.477. The Kier molecular flexibility index (Phi) is 5.43. The Morgan fingerprint density at radius 2 is 1.10 bits per heavy atom. The number of hydrogen-bond acceptors (Lipinski definition) is 7. The first-order valence-electron chi connectivity index (χ1n) is 9.54. The van der Waals surface area contributed by atoms with Crippen molar-refractivity contribution in [3.63, 3.8) is 0 Å². The summed E-state index contributed by atoms with van der Waals surface area (Å²) in [5, 5.41) is 19.6. The first kappa shape index (κ1) is 19.2. The summed E-state index contributed by atoms with van der Waals surface area (Å²) in [5.41, 5.74) is 4.50. The van der Waals surface area contributed by atoms with Crippen LogP contribution in [0.1, 0.15) is 11.1 Å². The van der Waals surface area contributed by atoms with Crippen molar-refractivity contribution in [2.75, 3.05) is 16.0 Å². The standard InChI is InChI=1S/C23H22N6O/c1-15-7-5-9-17(13-15)24-21-27-22(25-18-10-6-8-16(2)14-18)29-23(28-21)26-19-11-3-4-12-20(19)30/h3-14,30H,1-2H3,(H3,24,25,26,27,28,29). The number of aromatic hydroxyl groups is 1. The number of aromatic nitrogens is 3. The molecule has 1 aromatic heterocycles. The maximum absolute atomic E-state index is 10.1. The van der Waals surface area contributed by atoms with E-state index >= 15 is 0 Å². The van der Waals surface area contributed by atoms with Crippen LogP contribution in [0.5, 0.6) is 5.75 Å². The highest BCUT2D eigenvalue weighted by Gasteiger charge is 2.10. The molecule has 0 aliphatic carbocycles. The van der Waals surface area contributed by atoms with E-state index in [0.717, 1.165) is 22.5 Å². The number of hydrogen-bond donors (Lipinski definition) is 4. The second kappa shape index (κ2) is 8.48. The van der Waals surface area contributed by atoms with Gasteiger partial charge in [-0.3, -0.25) is 0 Å². The van der Waals surface area contributed by atoms with Crippen molar-refractivity contribution < 1.29 is 5.11 Å². The van der Waals surface area contributed by atoms with Gasteiger partial charge in [-0.05, 0) is 61.4 Å². The summed E-state index contributed by atoms with van der Waals surface area (Å²) in [4.78, 5) is 13.4. The molecule has 0 fully saturated rings. The Hall–Kier alpha value is -4.13. The molecule has 0 saturated carbocycles.